The lowest BCUT2D eigenvalue weighted by atomic mass is 10.2. The van der Waals surface area contributed by atoms with E-state index in [-0.39, 0.29) is 12.5 Å². The van der Waals surface area contributed by atoms with Crippen LogP contribution in [0.2, 0.25) is 0 Å². The van der Waals surface area contributed by atoms with Gasteiger partial charge in [0.25, 0.3) is 5.56 Å². The van der Waals surface area contributed by atoms with Gasteiger partial charge >= 0.3 is 5.69 Å². The molecule has 0 saturated carbocycles. The van der Waals surface area contributed by atoms with E-state index in [4.69, 9.17) is 0 Å². The minimum Gasteiger partial charge on any atom is -0.342 e. The monoisotopic (exact) mass is 275 g/mol. The summed E-state index contributed by atoms with van der Waals surface area (Å²) in [6.45, 7) is 4.87. The molecule has 1 aromatic carbocycles. The van der Waals surface area contributed by atoms with Crippen LogP contribution >= 0.6 is 0 Å². The topological polar surface area (TPSA) is 75.2 Å². The number of carbonyl (C=O) groups is 1. The van der Waals surface area contributed by atoms with Crippen molar-refractivity contribution in [2.24, 2.45) is 0 Å². The first-order chi connectivity index (χ1) is 9.58. The number of rotatable bonds is 4. The lowest BCUT2D eigenvalue weighted by Crippen LogP contribution is -2.38. The van der Waals surface area contributed by atoms with Crippen molar-refractivity contribution in [1.82, 2.24) is 14.5 Å². The van der Waals surface area contributed by atoms with Gasteiger partial charge in [-0.1, -0.05) is 12.1 Å². The molecule has 2 rings (SSSR count). The summed E-state index contributed by atoms with van der Waals surface area (Å²) in [5.74, 6) is -0.144. The number of carbonyl (C=O) groups excluding carboxylic acids is 1. The van der Waals surface area contributed by atoms with Crippen LogP contribution in [-0.4, -0.2) is 33.4 Å². The van der Waals surface area contributed by atoms with Crippen molar-refractivity contribution in [2.45, 2.75) is 20.4 Å². The summed E-state index contributed by atoms with van der Waals surface area (Å²) in [6, 6.07) is 6.76. The third kappa shape index (κ3) is 2.49. The van der Waals surface area contributed by atoms with Gasteiger partial charge in [-0.3, -0.25) is 19.1 Å². The Hall–Kier alpha value is -2.37. The summed E-state index contributed by atoms with van der Waals surface area (Å²) in [5, 5.41) is 0.402. The smallest absolute Gasteiger partial charge is 0.329 e. The zero-order valence-electron chi connectivity index (χ0n) is 11.5. The molecule has 20 heavy (non-hydrogen) atoms. The van der Waals surface area contributed by atoms with Crippen LogP contribution in [0.3, 0.4) is 0 Å². The van der Waals surface area contributed by atoms with Crippen molar-refractivity contribution in [1.29, 1.82) is 0 Å². The van der Waals surface area contributed by atoms with E-state index in [9.17, 15) is 14.4 Å². The van der Waals surface area contributed by atoms with E-state index in [2.05, 4.69) is 4.98 Å². The lowest BCUT2D eigenvalue weighted by molar-refractivity contribution is -0.131. The van der Waals surface area contributed by atoms with E-state index < -0.39 is 11.2 Å². The van der Waals surface area contributed by atoms with Gasteiger partial charge in [0.1, 0.15) is 6.54 Å². The highest BCUT2D eigenvalue weighted by Gasteiger charge is 2.14. The number of hydrogen-bond acceptors (Lipinski definition) is 3. The number of aromatic amines is 1. The number of benzene rings is 1. The van der Waals surface area contributed by atoms with Gasteiger partial charge in [-0.15, -0.1) is 0 Å². The number of nitrogens with one attached hydrogen (secondary N) is 1. The molecule has 6 nitrogen and oxygen atoms in total. The van der Waals surface area contributed by atoms with Crippen LogP contribution in [0.5, 0.6) is 0 Å². The second-order valence-corrected chi connectivity index (χ2v) is 4.43. The van der Waals surface area contributed by atoms with E-state index in [1.807, 2.05) is 13.8 Å². The lowest BCUT2D eigenvalue weighted by Gasteiger charge is -2.19. The molecule has 1 aromatic heterocycles. The van der Waals surface area contributed by atoms with Crippen LogP contribution in [0.15, 0.2) is 33.9 Å². The Bertz CT molecular complexity index is 741. The average molecular weight is 275 g/mol. The highest BCUT2D eigenvalue weighted by atomic mass is 16.2. The van der Waals surface area contributed by atoms with Crippen LogP contribution < -0.4 is 11.2 Å². The summed E-state index contributed by atoms with van der Waals surface area (Å²) in [4.78, 5) is 39.7. The fraction of sp³-hybridized carbons (Fsp3) is 0.357. The standard InChI is InChI=1S/C14H17N3O3/c1-3-16(4-2)12(18)9-17-11-8-6-5-7-10(11)13(19)15-14(17)20/h5-8H,3-4,9H2,1-2H3,(H,15,19,20). The maximum atomic E-state index is 12.1. The molecule has 0 radical (unpaired) electrons. The number of nitrogens with zero attached hydrogens (tertiary/aromatic N) is 2. The molecular weight excluding hydrogens is 258 g/mol. The highest BCUT2D eigenvalue weighted by molar-refractivity contribution is 5.81. The van der Waals surface area contributed by atoms with Crippen LogP contribution in [0.4, 0.5) is 0 Å². The Balaban J connectivity index is 2.52. The van der Waals surface area contributed by atoms with Gasteiger partial charge in [-0.05, 0) is 26.0 Å². The van der Waals surface area contributed by atoms with Gasteiger partial charge in [0.15, 0.2) is 0 Å². The van der Waals surface area contributed by atoms with Crippen molar-refractivity contribution in [3.05, 3.63) is 45.1 Å². The van der Waals surface area contributed by atoms with Crippen molar-refractivity contribution < 1.29 is 4.79 Å². The Morgan fingerprint density at radius 1 is 1.20 bits per heavy atom. The number of likely N-dealkylation sites (N-methyl/N-ethyl adjacent to an activating group) is 1. The van der Waals surface area contributed by atoms with Crippen LogP contribution in [-0.2, 0) is 11.3 Å². The molecule has 0 aliphatic heterocycles. The Kier molecular flexibility index (Phi) is 4.02. The van der Waals surface area contributed by atoms with Crippen LogP contribution in [0, 0.1) is 0 Å². The third-order valence-corrected chi connectivity index (χ3v) is 3.31. The van der Waals surface area contributed by atoms with Gasteiger partial charge in [-0.2, -0.15) is 0 Å². The second kappa shape index (κ2) is 5.73. The molecule has 2 aromatic rings. The van der Waals surface area contributed by atoms with Crippen LogP contribution in [0.25, 0.3) is 10.9 Å². The predicted molar refractivity (Wildman–Crippen MR) is 76.8 cm³/mol. The minimum absolute atomic E-state index is 0.0716. The summed E-state index contributed by atoms with van der Waals surface area (Å²) in [6.07, 6.45) is 0. The summed E-state index contributed by atoms with van der Waals surface area (Å²) in [5.41, 5.74) is -0.520. The zero-order valence-corrected chi connectivity index (χ0v) is 11.5. The van der Waals surface area contributed by atoms with Crippen molar-refractivity contribution >= 4 is 16.8 Å². The van der Waals surface area contributed by atoms with E-state index in [0.29, 0.717) is 24.0 Å². The number of aromatic nitrogens is 2. The largest absolute Gasteiger partial charge is 0.342 e. The molecule has 0 saturated heterocycles. The molecule has 0 unspecified atom stereocenters. The molecule has 106 valence electrons. The van der Waals surface area contributed by atoms with E-state index in [0.717, 1.165) is 0 Å². The molecule has 1 N–H and O–H groups in total. The maximum absolute atomic E-state index is 12.1. The minimum atomic E-state index is -0.561. The zero-order chi connectivity index (χ0) is 14.7. The molecule has 6 heteroatoms. The SMILES string of the molecule is CCN(CC)C(=O)Cn1c(=O)[nH]c(=O)c2ccccc21. The second-order valence-electron chi connectivity index (χ2n) is 4.43. The average Bonchev–Trinajstić information content (AvgIpc) is 2.45. The molecule has 0 atom stereocenters. The molecule has 0 fully saturated rings. The van der Waals surface area contributed by atoms with Crippen molar-refractivity contribution in [3.8, 4) is 0 Å². The summed E-state index contributed by atoms with van der Waals surface area (Å²) < 4.78 is 1.30. The maximum Gasteiger partial charge on any atom is 0.329 e. The Morgan fingerprint density at radius 3 is 2.50 bits per heavy atom. The first-order valence-electron chi connectivity index (χ1n) is 6.58. The summed E-state index contributed by atoms with van der Waals surface area (Å²) >= 11 is 0. The van der Waals surface area contributed by atoms with E-state index >= 15 is 0 Å². The number of fused-ring (bicyclic) bond motifs is 1. The van der Waals surface area contributed by atoms with Crippen molar-refractivity contribution in [2.75, 3.05) is 13.1 Å². The predicted octanol–water partition coefficient (Wildman–Crippen LogP) is 0.558. The van der Waals surface area contributed by atoms with Gasteiger partial charge in [0.2, 0.25) is 5.91 Å². The van der Waals surface area contributed by atoms with E-state index in [1.54, 1.807) is 29.2 Å². The van der Waals surface area contributed by atoms with Gasteiger partial charge in [0.05, 0.1) is 10.9 Å². The molecule has 0 aliphatic carbocycles. The van der Waals surface area contributed by atoms with Crippen molar-refractivity contribution in [3.63, 3.8) is 0 Å². The molecule has 0 spiro atoms. The molecule has 0 bridgehead atoms. The number of H-pyrrole nitrogens is 1. The Morgan fingerprint density at radius 2 is 1.85 bits per heavy atom. The fourth-order valence-electron chi connectivity index (χ4n) is 2.21. The first-order valence-corrected chi connectivity index (χ1v) is 6.58. The van der Waals surface area contributed by atoms with E-state index in [1.165, 1.54) is 4.57 Å². The molecule has 1 amide bonds. The van der Waals surface area contributed by atoms with Crippen LogP contribution in [0.1, 0.15) is 13.8 Å². The number of amides is 1. The fourth-order valence-corrected chi connectivity index (χ4v) is 2.21. The molecule has 0 aliphatic rings. The number of hydrogen-bond donors (Lipinski definition) is 1. The normalized spacial score (nSPS) is 10.7. The van der Waals surface area contributed by atoms with Gasteiger partial charge < -0.3 is 4.90 Å². The number of para-hydroxylation sites is 1. The third-order valence-electron chi connectivity index (χ3n) is 3.31. The quantitative estimate of drug-likeness (QED) is 0.885. The Labute approximate surface area is 115 Å². The highest BCUT2D eigenvalue weighted by Crippen LogP contribution is 2.07. The van der Waals surface area contributed by atoms with Gasteiger partial charge in [-0.25, -0.2) is 4.79 Å². The summed E-state index contributed by atoms with van der Waals surface area (Å²) in [7, 11) is 0. The first kappa shape index (κ1) is 14.0. The molecular formula is C14H17N3O3. The molecule has 1 heterocycles. The van der Waals surface area contributed by atoms with Gasteiger partial charge in [0, 0.05) is 13.1 Å².